The van der Waals surface area contributed by atoms with Crippen LogP contribution in [0.5, 0.6) is 0 Å². The summed E-state index contributed by atoms with van der Waals surface area (Å²) in [6.45, 7) is 0.835. The summed E-state index contributed by atoms with van der Waals surface area (Å²) in [4.78, 5) is 20.6. The van der Waals surface area contributed by atoms with Gasteiger partial charge in [0.25, 0.3) is 5.91 Å². The molecule has 0 spiro atoms. The lowest BCUT2D eigenvalue weighted by atomic mass is 10.1. The molecule has 1 N–H and O–H groups in total. The number of carbonyl (C=O) groups is 1. The van der Waals surface area contributed by atoms with Crippen LogP contribution in [-0.4, -0.2) is 25.6 Å². The maximum atomic E-state index is 12.3. The molecule has 0 aliphatic carbocycles. The average Bonchev–Trinajstić information content (AvgIpc) is 3.39. The summed E-state index contributed by atoms with van der Waals surface area (Å²) in [7, 11) is 0. The predicted molar refractivity (Wildman–Crippen MR) is 104 cm³/mol. The van der Waals surface area contributed by atoms with Crippen molar-refractivity contribution < 1.29 is 9.32 Å². The van der Waals surface area contributed by atoms with Crippen molar-refractivity contribution in [3.63, 3.8) is 0 Å². The second kappa shape index (κ2) is 8.06. The first-order chi connectivity index (χ1) is 13.7. The Morgan fingerprint density at radius 3 is 2.71 bits per heavy atom. The number of nitrogens with zero attached hydrogens (tertiary/aromatic N) is 4. The van der Waals surface area contributed by atoms with Crippen molar-refractivity contribution in [3.8, 4) is 11.4 Å². The van der Waals surface area contributed by atoms with Gasteiger partial charge in [-0.05, 0) is 29.8 Å². The topological polar surface area (TPSA) is 85.8 Å². The fourth-order valence-corrected chi connectivity index (χ4v) is 2.91. The molecule has 0 fully saturated rings. The van der Waals surface area contributed by atoms with Gasteiger partial charge in [0, 0.05) is 30.1 Å². The van der Waals surface area contributed by atoms with Crippen molar-refractivity contribution in [1.29, 1.82) is 0 Å². The highest BCUT2D eigenvalue weighted by atomic mass is 35.5. The second-order valence-electron chi connectivity index (χ2n) is 6.11. The number of hydrogen-bond donors (Lipinski definition) is 1. The molecule has 7 nitrogen and oxygen atoms in total. The molecule has 8 heteroatoms. The van der Waals surface area contributed by atoms with Crippen molar-refractivity contribution in [2.24, 2.45) is 0 Å². The largest absolute Gasteiger partial charge is 0.343 e. The molecule has 0 aliphatic rings. The van der Waals surface area contributed by atoms with Gasteiger partial charge in [-0.3, -0.25) is 4.79 Å². The number of imidazole rings is 1. The van der Waals surface area contributed by atoms with E-state index in [0.29, 0.717) is 34.4 Å². The molecule has 0 aliphatic heterocycles. The zero-order chi connectivity index (χ0) is 19.3. The first-order valence-corrected chi connectivity index (χ1v) is 8.97. The van der Waals surface area contributed by atoms with Crippen LogP contribution >= 0.6 is 11.6 Å². The Kier molecular flexibility index (Phi) is 5.16. The van der Waals surface area contributed by atoms with Crippen molar-refractivity contribution in [1.82, 2.24) is 25.0 Å². The maximum Gasteiger partial charge on any atom is 0.251 e. The fraction of sp³-hybridized carbons (Fsp3) is 0.100. The van der Waals surface area contributed by atoms with Gasteiger partial charge in [-0.15, -0.1) is 0 Å². The number of amides is 1. The Bertz CT molecular complexity index is 1070. The summed E-state index contributed by atoms with van der Waals surface area (Å²) in [5, 5.41) is 7.23. The van der Waals surface area contributed by atoms with Crippen LogP contribution in [0.1, 0.15) is 21.8 Å². The van der Waals surface area contributed by atoms with E-state index >= 15 is 0 Å². The lowest BCUT2D eigenvalue weighted by Crippen LogP contribution is -2.22. The van der Waals surface area contributed by atoms with Crippen LogP contribution in [0.3, 0.4) is 0 Å². The van der Waals surface area contributed by atoms with Gasteiger partial charge in [-0.1, -0.05) is 41.0 Å². The number of carbonyl (C=O) groups excluding carboxylic acids is 1. The molecule has 0 unspecified atom stereocenters. The number of nitrogens with one attached hydrogen (secondary N) is 1. The Labute approximate surface area is 166 Å². The molecule has 0 radical (unpaired) electrons. The Hall–Kier alpha value is -3.45. The van der Waals surface area contributed by atoms with Crippen LogP contribution in [0.15, 0.2) is 71.8 Å². The third-order valence-electron chi connectivity index (χ3n) is 4.12. The monoisotopic (exact) mass is 393 g/mol. The first kappa shape index (κ1) is 17.9. The molecule has 28 heavy (non-hydrogen) atoms. The zero-order valence-corrected chi connectivity index (χ0v) is 15.5. The van der Waals surface area contributed by atoms with Gasteiger partial charge in [-0.2, -0.15) is 4.98 Å². The lowest BCUT2D eigenvalue weighted by molar-refractivity contribution is 0.0946. The molecule has 2 aromatic heterocycles. The molecule has 2 heterocycles. The van der Waals surface area contributed by atoms with E-state index in [1.54, 1.807) is 36.8 Å². The van der Waals surface area contributed by atoms with Crippen molar-refractivity contribution in [2.75, 3.05) is 0 Å². The minimum atomic E-state index is -0.216. The minimum Gasteiger partial charge on any atom is -0.343 e. The van der Waals surface area contributed by atoms with Crippen molar-refractivity contribution >= 4 is 17.5 Å². The highest BCUT2D eigenvalue weighted by Gasteiger charge is 2.13. The van der Waals surface area contributed by atoms with E-state index < -0.39 is 0 Å². The molecule has 1 amide bonds. The van der Waals surface area contributed by atoms with Gasteiger partial charge in [0.1, 0.15) is 0 Å². The van der Waals surface area contributed by atoms with E-state index in [0.717, 1.165) is 5.56 Å². The summed E-state index contributed by atoms with van der Waals surface area (Å²) in [6, 6.07) is 14.6. The second-order valence-corrected chi connectivity index (χ2v) is 6.51. The SMILES string of the molecule is O=C(NCc1nc(-c2ccccc2Cl)no1)c1ccc(Cn2ccnc2)cc1. The van der Waals surface area contributed by atoms with E-state index in [-0.39, 0.29) is 12.5 Å². The lowest BCUT2D eigenvalue weighted by Gasteiger charge is -2.05. The summed E-state index contributed by atoms with van der Waals surface area (Å²) in [5.74, 6) is 0.477. The first-order valence-electron chi connectivity index (χ1n) is 8.59. The highest BCUT2D eigenvalue weighted by molar-refractivity contribution is 6.33. The van der Waals surface area contributed by atoms with E-state index in [9.17, 15) is 4.79 Å². The minimum absolute atomic E-state index is 0.132. The van der Waals surface area contributed by atoms with Crippen molar-refractivity contribution in [2.45, 2.75) is 13.1 Å². The standard InChI is InChI=1S/C20H16ClN5O2/c21-17-4-2-1-3-16(17)19-24-18(28-25-19)11-23-20(27)15-7-5-14(6-8-15)12-26-10-9-22-13-26/h1-10,13H,11-12H2,(H,23,27). The van der Waals surface area contributed by atoms with Crippen LogP contribution in [0.25, 0.3) is 11.4 Å². The zero-order valence-electron chi connectivity index (χ0n) is 14.7. The van der Waals surface area contributed by atoms with Gasteiger partial charge in [-0.25, -0.2) is 4.98 Å². The molecule has 140 valence electrons. The molecule has 2 aromatic carbocycles. The number of hydrogen-bond acceptors (Lipinski definition) is 5. The molecule has 0 saturated carbocycles. The van der Waals surface area contributed by atoms with Crippen LogP contribution in [0.4, 0.5) is 0 Å². The average molecular weight is 394 g/mol. The summed E-state index contributed by atoms with van der Waals surface area (Å²) < 4.78 is 7.15. The summed E-state index contributed by atoms with van der Waals surface area (Å²) in [5.41, 5.74) is 2.31. The Morgan fingerprint density at radius 2 is 1.96 bits per heavy atom. The predicted octanol–water partition coefficient (Wildman–Crippen LogP) is 3.56. The molecular formula is C20H16ClN5O2. The van der Waals surface area contributed by atoms with Crippen LogP contribution in [0, 0.1) is 0 Å². The number of benzene rings is 2. The fourth-order valence-electron chi connectivity index (χ4n) is 2.69. The molecule has 0 bridgehead atoms. The van der Waals surface area contributed by atoms with E-state index in [4.69, 9.17) is 16.1 Å². The van der Waals surface area contributed by atoms with Crippen LogP contribution < -0.4 is 5.32 Å². The highest BCUT2D eigenvalue weighted by Crippen LogP contribution is 2.24. The number of rotatable bonds is 6. The third-order valence-corrected chi connectivity index (χ3v) is 4.45. The van der Waals surface area contributed by atoms with E-state index in [2.05, 4.69) is 20.4 Å². The van der Waals surface area contributed by atoms with Gasteiger partial charge in [0.15, 0.2) is 0 Å². The normalized spacial score (nSPS) is 10.8. The van der Waals surface area contributed by atoms with Crippen LogP contribution in [0.2, 0.25) is 5.02 Å². The summed E-state index contributed by atoms with van der Waals surface area (Å²) in [6.07, 6.45) is 5.38. The summed E-state index contributed by atoms with van der Waals surface area (Å²) >= 11 is 6.14. The smallest absolute Gasteiger partial charge is 0.251 e. The van der Waals surface area contributed by atoms with E-state index in [1.165, 1.54) is 0 Å². The molecule has 0 saturated heterocycles. The van der Waals surface area contributed by atoms with Gasteiger partial charge >= 0.3 is 0 Å². The molecule has 4 rings (SSSR count). The third kappa shape index (κ3) is 4.10. The van der Waals surface area contributed by atoms with Gasteiger partial charge in [0.05, 0.1) is 17.9 Å². The van der Waals surface area contributed by atoms with Crippen LogP contribution in [-0.2, 0) is 13.1 Å². The Morgan fingerprint density at radius 1 is 1.14 bits per heavy atom. The maximum absolute atomic E-state index is 12.3. The molecule has 4 aromatic rings. The van der Waals surface area contributed by atoms with Gasteiger partial charge < -0.3 is 14.4 Å². The molecular weight excluding hydrogens is 378 g/mol. The number of aromatic nitrogens is 4. The van der Waals surface area contributed by atoms with Gasteiger partial charge in [0.2, 0.25) is 11.7 Å². The number of halogens is 1. The quantitative estimate of drug-likeness (QED) is 0.541. The molecule has 0 atom stereocenters. The Balaban J connectivity index is 1.36. The van der Waals surface area contributed by atoms with E-state index in [1.807, 2.05) is 35.0 Å². The van der Waals surface area contributed by atoms with Crippen molar-refractivity contribution in [3.05, 3.63) is 89.3 Å².